The molecule has 3 aliphatic heterocycles. The van der Waals surface area contributed by atoms with Gasteiger partial charge in [-0.3, -0.25) is 4.79 Å². The summed E-state index contributed by atoms with van der Waals surface area (Å²) in [6, 6.07) is 9.93. The quantitative estimate of drug-likeness (QED) is 0.807. The third-order valence-corrected chi connectivity index (χ3v) is 6.08. The van der Waals surface area contributed by atoms with Crippen molar-refractivity contribution < 1.29 is 19.1 Å². The normalized spacial score (nSPS) is 23.6. The molecule has 0 spiro atoms. The smallest absolute Gasteiger partial charge is 0.322 e. The predicted octanol–water partition coefficient (Wildman–Crippen LogP) is 1.69. The van der Waals surface area contributed by atoms with Crippen molar-refractivity contribution in [3.8, 4) is 11.8 Å². The van der Waals surface area contributed by atoms with Gasteiger partial charge in [0.1, 0.15) is 12.4 Å². The van der Waals surface area contributed by atoms with Crippen molar-refractivity contribution in [2.75, 3.05) is 32.8 Å². The third kappa shape index (κ3) is 4.18. The van der Waals surface area contributed by atoms with Crippen LogP contribution in [0.25, 0.3) is 0 Å². The molecule has 4 heterocycles. The fraction of sp³-hybridized carbons (Fsp3) is 0.455. The summed E-state index contributed by atoms with van der Waals surface area (Å²) < 4.78 is 11.3. The molecule has 3 amide bonds. The van der Waals surface area contributed by atoms with Crippen LogP contribution in [0.4, 0.5) is 4.79 Å². The molecule has 1 aromatic heterocycles. The van der Waals surface area contributed by atoms with E-state index < -0.39 is 0 Å². The maximum Gasteiger partial charge on any atom is 0.322 e. The number of ether oxygens (including phenoxy) is 2. The lowest BCUT2D eigenvalue weighted by atomic mass is 9.91. The molecule has 2 atom stereocenters. The number of nitrogens with zero attached hydrogens (tertiary/aromatic N) is 4. The summed E-state index contributed by atoms with van der Waals surface area (Å²) in [5.74, 6) is 0.880. The average Bonchev–Trinajstić information content (AvgIpc) is 2.73. The van der Waals surface area contributed by atoms with Gasteiger partial charge in [0.05, 0.1) is 12.1 Å². The number of benzene rings is 1. The van der Waals surface area contributed by atoms with Gasteiger partial charge in [-0.25, -0.2) is 14.8 Å². The zero-order valence-corrected chi connectivity index (χ0v) is 17.4. The van der Waals surface area contributed by atoms with Gasteiger partial charge in [-0.15, -0.1) is 0 Å². The molecule has 0 unspecified atom stereocenters. The summed E-state index contributed by atoms with van der Waals surface area (Å²) in [4.78, 5) is 36.5. The number of urea groups is 1. The monoisotopic (exact) mass is 423 g/mol. The molecule has 2 aromatic rings. The Morgan fingerprint density at radius 1 is 1.16 bits per heavy atom. The van der Waals surface area contributed by atoms with E-state index in [-0.39, 0.29) is 30.7 Å². The molecule has 0 aliphatic carbocycles. The second-order valence-corrected chi connectivity index (χ2v) is 8.29. The summed E-state index contributed by atoms with van der Waals surface area (Å²) in [7, 11) is 0. The first-order valence-electron chi connectivity index (χ1n) is 10.6. The standard InChI is InChI=1S/C22H25N5O4/c1-14-6-8-23-21(24-14)31-17-4-2-15(3-5-17)16-10-27(11-16)22(29)26-9-7-19-18(12-26)25-20(28)13-30-19/h2-6,8,16,18-19H,7,9-13H2,1H3,(H,25,28)/t18-,19+/m1/s1. The SMILES string of the molecule is Cc1ccnc(Oc2ccc(C3CN(C(=O)N4CC[C@@H]5OCC(=O)N[C@@H]5C4)C3)cc2)n1. The maximum absolute atomic E-state index is 12.9. The Labute approximate surface area is 180 Å². The van der Waals surface area contributed by atoms with Crippen molar-refractivity contribution in [3.63, 3.8) is 0 Å². The topological polar surface area (TPSA) is 96.9 Å². The van der Waals surface area contributed by atoms with Crippen molar-refractivity contribution in [3.05, 3.63) is 47.8 Å². The molecule has 1 N–H and O–H groups in total. The first-order chi connectivity index (χ1) is 15.0. The van der Waals surface area contributed by atoms with Crippen LogP contribution < -0.4 is 10.1 Å². The largest absolute Gasteiger partial charge is 0.424 e. The fourth-order valence-electron chi connectivity index (χ4n) is 4.31. The lowest BCUT2D eigenvalue weighted by Gasteiger charge is -2.46. The summed E-state index contributed by atoms with van der Waals surface area (Å²) in [5.41, 5.74) is 2.02. The number of carbonyl (C=O) groups is 2. The first kappa shape index (κ1) is 19.7. The van der Waals surface area contributed by atoms with Crippen LogP contribution in [0.15, 0.2) is 36.5 Å². The number of fused-ring (bicyclic) bond motifs is 1. The third-order valence-electron chi connectivity index (χ3n) is 6.08. The van der Waals surface area contributed by atoms with Crippen molar-refractivity contribution in [2.45, 2.75) is 31.4 Å². The molecule has 3 aliphatic rings. The van der Waals surface area contributed by atoms with E-state index >= 15 is 0 Å². The molecule has 162 valence electrons. The van der Waals surface area contributed by atoms with Gasteiger partial charge in [0.2, 0.25) is 5.91 Å². The Kier molecular flexibility index (Phi) is 5.19. The van der Waals surface area contributed by atoms with Crippen LogP contribution in [0.5, 0.6) is 11.8 Å². The van der Waals surface area contributed by atoms with Gasteiger partial charge in [-0.05, 0) is 37.1 Å². The number of aryl methyl sites for hydroxylation is 1. The molecule has 3 saturated heterocycles. The highest BCUT2D eigenvalue weighted by Crippen LogP contribution is 2.30. The molecule has 31 heavy (non-hydrogen) atoms. The molecule has 5 rings (SSSR count). The fourth-order valence-corrected chi connectivity index (χ4v) is 4.31. The van der Waals surface area contributed by atoms with E-state index in [9.17, 15) is 9.59 Å². The number of amides is 3. The van der Waals surface area contributed by atoms with Crippen LogP contribution in [0.1, 0.15) is 23.6 Å². The van der Waals surface area contributed by atoms with Crippen molar-refractivity contribution in [2.24, 2.45) is 0 Å². The lowest BCUT2D eigenvalue weighted by Crippen LogP contribution is -2.63. The number of rotatable bonds is 3. The zero-order chi connectivity index (χ0) is 21.4. The number of aromatic nitrogens is 2. The lowest BCUT2D eigenvalue weighted by molar-refractivity contribution is -0.139. The van der Waals surface area contributed by atoms with E-state index in [1.54, 1.807) is 6.20 Å². The first-order valence-corrected chi connectivity index (χ1v) is 10.6. The van der Waals surface area contributed by atoms with Gasteiger partial charge < -0.3 is 24.6 Å². The summed E-state index contributed by atoms with van der Waals surface area (Å²) in [5, 5.41) is 2.94. The van der Waals surface area contributed by atoms with Gasteiger partial charge in [-0.2, -0.15) is 0 Å². The Morgan fingerprint density at radius 3 is 2.74 bits per heavy atom. The Hall–Kier alpha value is -3.20. The van der Waals surface area contributed by atoms with Crippen LogP contribution in [0, 0.1) is 6.92 Å². The van der Waals surface area contributed by atoms with E-state index in [0.717, 1.165) is 12.1 Å². The highest BCUT2D eigenvalue weighted by atomic mass is 16.5. The number of carbonyl (C=O) groups excluding carboxylic acids is 2. The molecular formula is C22H25N5O4. The maximum atomic E-state index is 12.9. The number of likely N-dealkylation sites (tertiary alicyclic amines) is 2. The van der Waals surface area contributed by atoms with E-state index in [4.69, 9.17) is 9.47 Å². The average molecular weight is 423 g/mol. The van der Waals surface area contributed by atoms with Crippen LogP contribution >= 0.6 is 0 Å². The van der Waals surface area contributed by atoms with Crippen molar-refractivity contribution >= 4 is 11.9 Å². The molecular weight excluding hydrogens is 398 g/mol. The minimum atomic E-state index is -0.110. The van der Waals surface area contributed by atoms with Gasteiger partial charge >= 0.3 is 12.0 Å². The predicted molar refractivity (Wildman–Crippen MR) is 111 cm³/mol. The van der Waals surface area contributed by atoms with E-state index in [0.29, 0.717) is 43.9 Å². The molecule has 9 heteroatoms. The number of hydrogen-bond donors (Lipinski definition) is 1. The van der Waals surface area contributed by atoms with E-state index in [1.165, 1.54) is 5.56 Å². The van der Waals surface area contributed by atoms with E-state index in [1.807, 2.05) is 47.1 Å². The summed E-state index contributed by atoms with van der Waals surface area (Å²) in [6.07, 6.45) is 2.43. The van der Waals surface area contributed by atoms with E-state index in [2.05, 4.69) is 15.3 Å². The van der Waals surface area contributed by atoms with Crippen LogP contribution in [-0.2, 0) is 9.53 Å². The Bertz CT molecular complexity index is 976. The van der Waals surface area contributed by atoms with Gasteiger partial charge in [0.25, 0.3) is 0 Å². The minimum Gasteiger partial charge on any atom is -0.424 e. The second kappa shape index (κ2) is 8.14. The summed E-state index contributed by atoms with van der Waals surface area (Å²) >= 11 is 0. The van der Waals surface area contributed by atoms with Crippen LogP contribution in [0.2, 0.25) is 0 Å². The van der Waals surface area contributed by atoms with Gasteiger partial charge in [-0.1, -0.05) is 12.1 Å². The highest BCUT2D eigenvalue weighted by molar-refractivity contribution is 5.79. The molecule has 9 nitrogen and oxygen atoms in total. The molecule has 0 saturated carbocycles. The van der Waals surface area contributed by atoms with Gasteiger partial charge in [0.15, 0.2) is 0 Å². The zero-order valence-electron chi connectivity index (χ0n) is 17.4. The minimum absolute atomic E-state index is 0.0109. The number of piperidine rings is 1. The number of hydrogen-bond acceptors (Lipinski definition) is 6. The highest BCUT2D eigenvalue weighted by Gasteiger charge is 2.40. The van der Waals surface area contributed by atoms with Gasteiger partial charge in [0, 0.05) is 44.0 Å². The number of nitrogens with one attached hydrogen (secondary N) is 1. The molecule has 0 bridgehead atoms. The van der Waals surface area contributed by atoms with Crippen LogP contribution in [-0.4, -0.2) is 76.6 Å². The second-order valence-electron chi connectivity index (χ2n) is 8.29. The molecule has 3 fully saturated rings. The summed E-state index contributed by atoms with van der Waals surface area (Å²) in [6.45, 7) is 4.54. The Morgan fingerprint density at radius 2 is 1.97 bits per heavy atom. The number of morpholine rings is 1. The van der Waals surface area contributed by atoms with Crippen molar-refractivity contribution in [1.82, 2.24) is 25.1 Å². The molecule has 0 radical (unpaired) electrons. The Balaban J connectivity index is 1.13. The molecule has 1 aromatic carbocycles. The van der Waals surface area contributed by atoms with Crippen LogP contribution in [0.3, 0.4) is 0 Å². The van der Waals surface area contributed by atoms with Crippen molar-refractivity contribution in [1.29, 1.82) is 0 Å².